The maximum Gasteiger partial charge on any atom is 0.320 e. The summed E-state index contributed by atoms with van der Waals surface area (Å²) >= 11 is 0. The van der Waals surface area contributed by atoms with E-state index in [4.69, 9.17) is 0 Å². The van der Waals surface area contributed by atoms with Gasteiger partial charge in [-0.05, 0) is 44.1 Å². The maximum absolute atomic E-state index is 12.4. The molecule has 2 fully saturated rings. The molecule has 2 heterocycles. The van der Waals surface area contributed by atoms with Gasteiger partial charge < -0.3 is 10.4 Å². The van der Waals surface area contributed by atoms with Crippen LogP contribution in [0.3, 0.4) is 0 Å². The Labute approximate surface area is 135 Å². The molecule has 2 N–H and O–H groups in total. The summed E-state index contributed by atoms with van der Waals surface area (Å²) in [4.78, 5) is 25.7. The number of hydrogen-bond donors (Lipinski definition) is 2. The van der Waals surface area contributed by atoms with Gasteiger partial charge in [0.05, 0.1) is 12.2 Å². The van der Waals surface area contributed by atoms with Crippen molar-refractivity contribution >= 4 is 11.9 Å². The van der Waals surface area contributed by atoms with Crippen LogP contribution in [-0.4, -0.2) is 56.3 Å². The number of likely N-dealkylation sites (tertiary alicyclic amines) is 1. The monoisotopic (exact) mass is 320 g/mol. The van der Waals surface area contributed by atoms with Crippen molar-refractivity contribution in [2.45, 2.75) is 56.7 Å². The van der Waals surface area contributed by atoms with Gasteiger partial charge >= 0.3 is 5.97 Å². The fourth-order valence-electron chi connectivity index (χ4n) is 3.45. The summed E-state index contributed by atoms with van der Waals surface area (Å²) in [5.74, 6) is -0.824. The third-order valence-corrected chi connectivity index (χ3v) is 4.69. The Hall–Kier alpha value is -1.89. The summed E-state index contributed by atoms with van der Waals surface area (Å²) < 4.78 is 1.77. The number of aromatic nitrogens is 2. The van der Waals surface area contributed by atoms with Crippen molar-refractivity contribution in [2.24, 2.45) is 7.05 Å². The second kappa shape index (κ2) is 6.70. The van der Waals surface area contributed by atoms with Crippen LogP contribution in [0.15, 0.2) is 12.4 Å². The number of carbonyl (C=O) groups is 2. The van der Waals surface area contributed by atoms with E-state index in [2.05, 4.69) is 10.4 Å². The first-order valence-corrected chi connectivity index (χ1v) is 8.31. The molecule has 0 spiro atoms. The lowest BCUT2D eigenvalue weighted by molar-refractivity contribution is -0.143. The van der Waals surface area contributed by atoms with Gasteiger partial charge in [0, 0.05) is 25.8 Å². The third-order valence-electron chi connectivity index (χ3n) is 4.69. The van der Waals surface area contributed by atoms with E-state index in [-0.39, 0.29) is 18.0 Å². The van der Waals surface area contributed by atoms with Crippen molar-refractivity contribution in [3.63, 3.8) is 0 Å². The quantitative estimate of drug-likeness (QED) is 0.716. The van der Waals surface area contributed by atoms with Gasteiger partial charge in [0.15, 0.2) is 0 Å². The van der Waals surface area contributed by atoms with Crippen molar-refractivity contribution in [3.8, 4) is 0 Å². The Morgan fingerprint density at radius 3 is 2.65 bits per heavy atom. The molecule has 1 saturated heterocycles. The van der Waals surface area contributed by atoms with Crippen LogP contribution >= 0.6 is 0 Å². The largest absolute Gasteiger partial charge is 0.480 e. The van der Waals surface area contributed by atoms with Crippen LogP contribution in [0.25, 0.3) is 0 Å². The zero-order chi connectivity index (χ0) is 16.4. The van der Waals surface area contributed by atoms with Gasteiger partial charge in [-0.25, -0.2) is 0 Å². The van der Waals surface area contributed by atoms with Gasteiger partial charge in [-0.2, -0.15) is 5.10 Å². The number of carboxylic acid groups (broad SMARTS) is 1. The summed E-state index contributed by atoms with van der Waals surface area (Å²) in [5, 5.41) is 16.4. The smallest absolute Gasteiger partial charge is 0.320 e. The maximum atomic E-state index is 12.4. The second-order valence-electron chi connectivity index (χ2n) is 6.54. The van der Waals surface area contributed by atoms with Crippen LogP contribution in [0.5, 0.6) is 0 Å². The predicted molar refractivity (Wildman–Crippen MR) is 83.8 cm³/mol. The van der Waals surface area contributed by atoms with Crippen LogP contribution in [0, 0.1) is 0 Å². The molecule has 2 aliphatic rings. The molecule has 1 aliphatic heterocycles. The van der Waals surface area contributed by atoms with Crippen LogP contribution < -0.4 is 5.32 Å². The van der Waals surface area contributed by atoms with Gasteiger partial charge in [0.25, 0.3) is 0 Å². The molecule has 7 heteroatoms. The molecule has 1 aromatic heterocycles. The minimum absolute atomic E-state index is 0.0214. The topological polar surface area (TPSA) is 87.5 Å². The summed E-state index contributed by atoms with van der Waals surface area (Å²) in [6, 6.07) is -0.486. The lowest BCUT2D eigenvalue weighted by Crippen LogP contribution is -2.49. The molecule has 3 rings (SSSR count). The summed E-state index contributed by atoms with van der Waals surface area (Å²) in [6.45, 7) is 0.612. The molecule has 1 amide bonds. The number of amides is 1. The zero-order valence-electron chi connectivity index (χ0n) is 13.4. The number of hydrogen-bond acceptors (Lipinski definition) is 4. The van der Waals surface area contributed by atoms with Crippen LogP contribution in [0.4, 0.5) is 0 Å². The van der Waals surface area contributed by atoms with Gasteiger partial charge in [-0.15, -0.1) is 0 Å². The highest BCUT2D eigenvalue weighted by atomic mass is 16.4. The Morgan fingerprint density at radius 2 is 2.04 bits per heavy atom. The SMILES string of the molecule is Cn1cc(CCCNC(=O)C2CCC(C(=O)O)N2C2CC2)cn1. The Kier molecular flexibility index (Phi) is 4.66. The van der Waals surface area contributed by atoms with Crippen LogP contribution in [-0.2, 0) is 23.1 Å². The summed E-state index contributed by atoms with van der Waals surface area (Å²) in [6.07, 6.45) is 8.78. The van der Waals surface area contributed by atoms with Gasteiger partial charge in [-0.1, -0.05) is 0 Å². The number of nitrogens with zero attached hydrogens (tertiary/aromatic N) is 3. The zero-order valence-corrected chi connectivity index (χ0v) is 13.4. The molecule has 23 heavy (non-hydrogen) atoms. The number of rotatable bonds is 7. The number of aryl methyl sites for hydroxylation is 2. The van der Waals surface area contributed by atoms with E-state index >= 15 is 0 Å². The fourth-order valence-corrected chi connectivity index (χ4v) is 3.45. The molecule has 0 bridgehead atoms. The Balaban J connectivity index is 1.46. The summed E-state index contributed by atoms with van der Waals surface area (Å²) in [5.41, 5.74) is 1.16. The number of aliphatic carboxylic acids is 1. The Bertz CT molecular complexity index is 582. The average Bonchev–Trinajstić information content (AvgIpc) is 3.11. The fraction of sp³-hybridized carbons (Fsp3) is 0.688. The first-order chi connectivity index (χ1) is 11.1. The highest BCUT2D eigenvalue weighted by Crippen LogP contribution is 2.37. The first-order valence-electron chi connectivity index (χ1n) is 8.31. The van der Waals surface area contributed by atoms with E-state index in [0.29, 0.717) is 19.4 Å². The van der Waals surface area contributed by atoms with Gasteiger partial charge in [-0.3, -0.25) is 19.2 Å². The summed E-state index contributed by atoms with van der Waals surface area (Å²) in [7, 11) is 1.89. The number of carbonyl (C=O) groups excluding carboxylic acids is 1. The van der Waals surface area contributed by atoms with Crippen LogP contribution in [0.1, 0.15) is 37.7 Å². The minimum atomic E-state index is -0.802. The average molecular weight is 320 g/mol. The van der Waals surface area contributed by atoms with Crippen molar-refractivity contribution < 1.29 is 14.7 Å². The first kappa shape index (κ1) is 16.0. The van der Waals surface area contributed by atoms with Crippen molar-refractivity contribution in [3.05, 3.63) is 18.0 Å². The normalized spacial score (nSPS) is 24.7. The molecular weight excluding hydrogens is 296 g/mol. The van der Waals surface area contributed by atoms with E-state index in [1.807, 2.05) is 24.3 Å². The van der Waals surface area contributed by atoms with E-state index < -0.39 is 12.0 Å². The van der Waals surface area contributed by atoms with E-state index in [9.17, 15) is 14.7 Å². The third kappa shape index (κ3) is 3.72. The molecule has 2 atom stereocenters. The molecule has 1 aliphatic carbocycles. The lowest BCUT2D eigenvalue weighted by Gasteiger charge is -2.27. The van der Waals surface area contributed by atoms with E-state index in [1.54, 1.807) is 4.68 Å². The van der Waals surface area contributed by atoms with Crippen molar-refractivity contribution in [1.82, 2.24) is 20.0 Å². The molecule has 7 nitrogen and oxygen atoms in total. The highest BCUT2D eigenvalue weighted by molar-refractivity contribution is 5.84. The lowest BCUT2D eigenvalue weighted by atomic mass is 10.1. The predicted octanol–water partition coefficient (Wildman–Crippen LogP) is 0.549. The molecule has 1 aromatic rings. The molecule has 0 radical (unpaired) electrons. The molecular formula is C16H24N4O3. The number of nitrogens with one attached hydrogen (secondary N) is 1. The molecule has 2 unspecified atom stereocenters. The van der Waals surface area contributed by atoms with Gasteiger partial charge in [0.2, 0.25) is 5.91 Å². The van der Waals surface area contributed by atoms with E-state index in [0.717, 1.165) is 31.2 Å². The molecule has 126 valence electrons. The van der Waals surface area contributed by atoms with Gasteiger partial charge in [0.1, 0.15) is 6.04 Å². The highest BCUT2D eigenvalue weighted by Gasteiger charge is 2.48. The van der Waals surface area contributed by atoms with Crippen LogP contribution in [0.2, 0.25) is 0 Å². The second-order valence-corrected chi connectivity index (χ2v) is 6.54. The van der Waals surface area contributed by atoms with E-state index in [1.165, 1.54) is 0 Å². The standard InChI is InChI=1S/C16H24N4O3/c1-19-10-11(9-18-19)3-2-8-17-15(21)13-6-7-14(16(22)23)20(13)12-4-5-12/h9-10,12-14H,2-8H2,1H3,(H,17,21)(H,22,23). The molecule has 1 saturated carbocycles. The minimum Gasteiger partial charge on any atom is -0.480 e. The van der Waals surface area contributed by atoms with Crippen molar-refractivity contribution in [2.75, 3.05) is 6.54 Å². The number of carboxylic acids is 1. The van der Waals surface area contributed by atoms with Crippen molar-refractivity contribution in [1.29, 1.82) is 0 Å². The molecule has 0 aromatic carbocycles. The Morgan fingerprint density at radius 1 is 1.30 bits per heavy atom.